The predicted molar refractivity (Wildman–Crippen MR) is 127 cm³/mol. The van der Waals surface area contributed by atoms with Gasteiger partial charge in [-0.3, -0.25) is 19.5 Å². The van der Waals surface area contributed by atoms with E-state index in [0.717, 1.165) is 12.1 Å². The molecule has 0 bridgehead atoms. The topological polar surface area (TPSA) is 96.8 Å². The minimum Gasteiger partial charge on any atom is -0.507 e. The lowest BCUT2D eigenvalue weighted by Gasteiger charge is -2.25. The molecular weight excluding hydrogens is 451 g/mol. The first-order valence-electron chi connectivity index (χ1n) is 11.0. The summed E-state index contributed by atoms with van der Waals surface area (Å²) in [5.74, 6) is -2.97. The number of benzene rings is 2. The molecule has 0 aliphatic carbocycles. The Morgan fingerprint density at radius 2 is 1.71 bits per heavy atom. The van der Waals surface area contributed by atoms with E-state index in [1.165, 1.54) is 35.4 Å². The monoisotopic (exact) mass is 474 g/mol. The zero-order chi connectivity index (χ0) is 25.1. The maximum Gasteiger partial charge on any atom is 0.338 e. The Hall–Kier alpha value is -4.33. The summed E-state index contributed by atoms with van der Waals surface area (Å²) in [5, 5.41) is 11.0. The van der Waals surface area contributed by atoms with Crippen LogP contribution in [0.25, 0.3) is 5.76 Å². The number of hydrogen-bond acceptors (Lipinski definition) is 6. The van der Waals surface area contributed by atoms with Gasteiger partial charge in [0.1, 0.15) is 11.6 Å². The zero-order valence-electron chi connectivity index (χ0n) is 19.1. The normalized spacial score (nSPS) is 17.1. The van der Waals surface area contributed by atoms with Crippen LogP contribution < -0.4 is 4.90 Å². The Labute approximate surface area is 201 Å². The summed E-state index contributed by atoms with van der Waals surface area (Å²) in [6, 6.07) is 13.4. The number of aliphatic hydroxyl groups is 1. The number of ketones is 1. The maximum absolute atomic E-state index is 13.4. The number of carbonyl (C=O) groups excluding carboxylic acids is 3. The smallest absolute Gasteiger partial charge is 0.338 e. The molecule has 1 aliphatic rings. The minimum atomic E-state index is -0.979. The summed E-state index contributed by atoms with van der Waals surface area (Å²) in [7, 11) is 0. The van der Waals surface area contributed by atoms with Crippen LogP contribution in [0, 0.1) is 11.7 Å². The van der Waals surface area contributed by atoms with Crippen LogP contribution in [0.15, 0.2) is 78.6 Å². The van der Waals surface area contributed by atoms with Gasteiger partial charge in [-0.2, -0.15) is 0 Å². The molecule has 4 rings (SSSR count). The number of anilines is 1. The molecule has 2 aromatic carbocycles. The molecule has 1 unspecified atom stereocenters. The molecule has 178 valence electrons. The second-order valence-electron chi connectivity index (χ2n) is 8.50. The van der Waals surface area contributed by atoms with Crippen molar-refractivity contribution < 1.29 is 28.6 Å². The average Bonchev–Trinajstić information content (AvgIpc) is 3.13. The van der Waals surface area contributed by atoms with Gasteiger partial charge in [-0.1, -0.05) is 19.9 Å². The number of pyridine rings is 1. The minimum absolute atomic E-state index is 0.143. The van der Waals surface area contributed by atoms with Crippen LogP contribution in [-0.4, -0.2) is 34.4 Å². The molecular formula is C27H23FN2O5. The Balaban J connectivity index is 1.77. The molecule has 1 aliphatic heterocycles. The number of amides is 1. The van der Waals surface area contributed by atoms with Gasteiger partial charge in [0.05, 0.1) is 23.8 Å². The van der Waals surface area contributed by atoms with E-state index >= 15 is 0 Å². The van der Waals surface area contributed by atoms with Gasteiger partial charge in [-0.15, -0.1) is 0 Å². The Morgan fingerprint density at radius 1 is 1.06 bits per heavy atom. The number of aromatic nitrogens is 1. The Bertz CT molecular complexity index is 1290. The first-order valence-corrected chi connectivity index (χ1v) is 11.0. The summed E-state index contributed by atoms with van der Waals surface area (Å²) in [6.07, 6.45) is 3.05. The lowest BCUT2D eigenvalue weighted by Crippen LogP contribution is -2.29. The molecule has 1 amide bonds. The van der Waals surface area contributed by atoms with Gasteiger partial charge in [-0.25, -0.2) is 9.18 Å². The number of aliphatic hydroxyl groups excluding tert-OH is 1. The lowest BCUT2D eigenvalue weighted by atomic mass is 9.96. The number of hydrogen-bond donors (Lipinski definition) is 1. The van der Waals surface area contributed by atoms with Crippen molar-refractivity contribution in [1.82, 2.24) is 4.98 Å². The number of ether oxygens (including phenoxy) is 1. The van der Waals surface area contributed by atoms with Crippen molar-refractivity contribution in [1.29, 1.82) is 0 Å². The molecule has 0 radical (unpaired) electrons. The Kier molecular flexibility index (Phi) is 6.73. The van der Waals surface area contributed by atoms with Crippen molar-refractivity contribution in [3.63, 3.8) is 0 Å². The fourth-order valence-corrected chi connectivity index (χ4v) is 3.80. The average molecular weight is 474 g/mol. The van der Waals surface area contributed by atoms with Gasteiger partial charge in [0.2, 0.25) is 0 Å². The van der Waals surface area contributed by atoms with Crippen LogP contribution in [0.5, 0.6) is 0 Å². The second-order valence-corrected chi connectivity index (χ2v) is 8.50. The first kappa shape index (κ1) is 23.8. The van der Waals surface area contributed by atoms with E-state index < -0.39 is 35.3 Å². The fourth-order valence-electron chi connectivity index (χ4n) is 3.80. The molecule has 1 atom stereocenters. The molecule has 2 heterocycles. The molecule has 8 heteroatoms. The molecule has 0 saturated carbocycles. The third kappa shape index (κ3) is 4.82. The van der Waals surface area contributed by atoms with Gasteiger partial charge in [0.15, 0.2) is 0 Å². The quantitative estimate of drug-likeness (QED) is 0.242. The maximum atomic E-state index is 13.4. The largest absolute Gasteiger partial charge is 0.507 e. The summed E-state index contributed by atoms with van der Waals surface area (Å²) in [5.41, 5.74) is 1.20. The van der Waals surface area contributed by atoms with Gasteiger partial charge < -0.3 is 9.84 Å². The van der Waals surface area contributed by atoms with E-state index in [0.29, 0.717) is 16.8 Å². The number of nitrogens with zero attached hydrogens (tertiary/aromatic N) is 2. The highest BCUT2D eigenvalue weighted by Gasteiger charge is 2.47. The third-order valence-corrected chi connectivity index (χ3v) is 5.49. The highest BCUT2D eigenvalue weighted by Crippen LogP contribution is 2.41. The van der Waals surface area contributed by atoms with Crippen LogP contribution in [0.4, 0.5) is 10.1 Å². The fraction of sp³-hybridized carbons (Fsp3) is 0.185. The van der Waals surface area contributed by atoms with Gasteiger partial charge in [-0.05, 0) is 66.1 Å². The molecule has 7 nitrogen and oxygen atoms in total. The van der Waals surface area contributed by atoms with Crippen LogP contribution in [0.1, 0.15) is 41.4 Å². The van der Waals surface area contributed by atoms with Crippen LogP contribution >= 0.6 is 0 Å². The van der Waals surface area contributed by atoms with E-state index in [4.69, 9.17) is 4.74 Å². The van der Waals surface area contributed by atoms with Gasteiger partial charge in [0, 0.05) is 23.6 Å². The lowest BCUT2D eigenvalue weighted by molar-refractivity contribution is -0.132. The molecule has 35 heavy (non-hydrogen) atoms. The van der Waals surface area contributed by atoms with Crippen molar-refractivity contribution in [2.24, 2.45) is 5.92 Å². The van der Waals surface area contributed by atoms with Crippen LogP contribution in [0.3, 0.4) is 0 Å². The number of Topliss-reactive ketones (excluding diaryl/α,β-unsaturated/α-hetero) is 1. The molecule has 1 saturated heterocycles. The van der Waals surface area contributed by atoms with Crippen molar-refractivity contribution >= 4 is 29.1 Å². The molecule has 3 aromatic rings. The highest BCUT2D eigenvalue weighted by molar-refractivity contribution is 6.51. The van der Waals surface area contributed by atoms with E-state index in [9.17, 15) is 23.9 Å². The van der Waals surface area contributed by atoms with Crippen LogP contribution in [0.2, 0.25) is 0 Å². The molecule has 0 spiro atoms. The van der Waals surface area contributed by atoms with Gasteiger partial charge in [0.25, 0.3) is 11.7 Å². The number of carbonyl (C=O) groups is 3. The number of halogens is 1. The zero-order valence-corrected chi connectivity index (χ0v) is 19.1. The van der Waals surface area contributed by atoms with Crippen molar-refractivity contribution in [3.05, 3.63) is 101 Å². The third-order valence-electron chi connectivity index (χ3n) is 5.49. The van der Waals surface area contributed by atoms with E-state index in [-0.39, 0.29) is 23.7 Å². The van der Waals surface area contributed by atoms with Crippen molar-refractivity contribution in [2.45, 2.75) is 19.9 Å². The second kappa shape index (κ2) is 9.89. The van der Waals surface area contributed by atoms with Crippen molar-refractivity contribution in [2.75, 3.05) is 11.5 Å². The Morgan fingerprint density at radius 3 is 2.31 bits per heavy atom. The summed E-state index contributed by atoms with van der Waals surface area (Å²) in [4.78, 5) is 43.9. The summed E-state index contributed by atoms with van der Waals surface area (Å²) in [6.45, 7) is 4.13. The number of esters is 1. The van der Waals surface area contributed by atoms with E-state index in [1.54, 1.807) is 30.5 Å². The predicted octanol–water partition coefficient (Wildman–Crippen LogP) is 4.66. The van der Waals surface area contributed by atoms with Crippen LogP contribution in [-0.2, 0) is 14.3 Å². The standard InChI is InChI=1S/C27H23FN2O5/c1-16(2)15-35-27(34)18-7-11-21(12-8-18)30-23(19-4-3-13-29-14-19)22(25(32)26(30)33)24(31)17-5-9-20(28)10-6-17/h3-14,16,23,31H,15H2,1-2H3/b24-22+. The van der Waals surface area contributed by atoms with E-state index in [1.807, 2.05) is 13.8 Å². The SMILES string of the molecule is CC(C)COC(=O)c1ccc(N2C(=O)C(=O)/C(=C(/O)c3ccc(F)cc3)C2c2cccnc2)cc1. The molecule has 1 N–H and O–H groups in total. The molecule has 1 aromatic heterocycles. The number of rotatable bonds is 6. The molecule has 1 fully saturated rings. The highest BCUT2D eigenvalue weighted by atomic mass is 19.1. The first-order chi connectivity index (χ1) is 16.8. The van der Waals surface area contributed by atoms with E-state index in [2.05, 4.69) is 4.98 Å². The summed E-state index contributed by atoms with van der Waals surface area (Å²) >= 11 is 0. The summed E-state index contributed by atoms with van der Waals surface area (Å²) < 4.78 is 18.6. The van der Waals surface area contributed by atoms with Gasteiger partial charge >= 0.3 is 5.97 Å². The van der Waals surface area contributed by atoms with Crippen molar-refractivity contribution in [3.8, 4) is 0 Å².